The van der Waals surface area contributed by atoms with Gasteiger partial charge in [-0.15, -0.1) is 0 Å². The number of nitrogens with zero attached hydrogens (tertiary/aromatic N) is 1. The maximum absolute atomic E-state index is 3.56. The van der Waals surface area contributed by atoms with E-state index in [4.69, 9.17) is 0 Å². The highest BCUT2D eigenvalue weighted by atomic mass is 15.2. The third-order valence-electron chi connectivity index (χ3n) is 4.94. The summed E-state index contributed by atoms with van der Waals surface area (Å²) in [6.07, 6.45) is 20.2. The van der Waals surface area contributed by atoms with E-state index in [1.165, 1.54) is 96.4 Å². The maximum atomic E-state index is 3.56. The zero-order valence-corrected chi connectivity index (χ0v) is 16.7. The number of hydrogen-bond acceptors (Lipinski definition) is 2. The van der Waals surface area contributed by atoms with Crippen molar-refractivity contribution in [2.75, 3.05) is 26.3 Å². The molecule has 0 saturated carbocycles. The van der Waals surface area contributed by atoms with Crippen molar-refractivity contribution < 1.29 is 0 Å². The summed E-state index contributed by atoms with van der Waals surface area (Å²) in [6.45, 7) is 11.3. The minimum Gasteiger partial charge on any atom is -0.304 e. The molecule has 0 atom stereocenters. The van der Waals surface area contributed by atoms with Gasteiger partial charge in [-0.05, 0) is 26.1 Å². The Kier molecular flexibility index (Phi) is 19.9. The van der Waals surface area contributed by atoms with Crippen molar-refractivity contribution in [1.82, 2.24) is 10.2 Å². The summed E-state index contributed by atoms with van der Waals surface area (Å²) in [4.78, 5) is 2.43. The Morgan fingerprint density at radius 3 is 1.30 bits per heavy atom. The molecule has 23 heavy (non-hydrogen) atoms. The van der Waals surface area contributed by atoms with Gasteiger partial charge in [-0.2, -0.15) is 0 Å². The molecule has 0 aliphatic heterocycles. The van der Waals surface area contributed by atoms with Crippen molar-refractivity contribution in [2.45, 2.75) is 111 Å². The fourth-order valence-electron chi connectivity index (χ4n) is 3.13. The molecule has 0 spiro atoms. The van der Waals surface area contributed by atoms with Crippen LogP contribution in [0.4, 0.5) is 0 Å². The van der Waals surface area contributed by atoms with Crippen molar-refractivity contribution in [1.29, 1.82) is 0 Å². The van der Waals surface area contributed by atoms with Gasteiger partial charge in [-0.1, -0.05) is 104 Å². The molecule has 0 heterocycles. The van der Waals surface area contributed by atoms with Crippen LogP contribution in [0.5, 0.6) is 0 Å². The van der Waals surface area contributed by atoms with Gasteiger partial charge in [0.05, 0.1) is 0 Å². The average Bonchev–Trinajstić information content (AvgIpc) is 2.58. The first-order chi connectivity index (χ1) is 11.3. The predicted octanol–water partition coefficient (Wildman–Crippen LogP) is 6.36. The maximum Gasteiger partial charge on any atom is 0.0480 e. The normalized spacial score (nSPS) is 11.5. The molecule has 0 radical (unpaired) electrons. The molecule has 0 saturated heterocycles. The van der Waals surface area contributed by atoms with Gasteiger partial charge in [0.15, 0.2) is 0 Å². The molecule has 0 unspecified atom stereocenters. The van der Waals surface area contributed by atoms with E-state index in [1.807, 2.05) is 0 Å². The molecule has 0 aromatic heterocycles. The Morgan fingerprint density at radius 2 is 0.913 bits per heavy atom. The fourth-order valence-corrected chi connectivity index (χ4v) is 3.13. The third-order valence-corrected chi connectivity index (χ3v) is 4.94. The monoisotopic (exact) mass is 326 g/mol. The fraction of sp³-hybridized carbons (Fsp3) is 1.00. The van der Waals surface area contributed by atoms with E-state index < -0.39 is 0 Å². The van der Waals surface area contributed by atoms with Gasteiger partial charge in [-0.3, -0.25) is 4.90 Å². The Hall–Kier alpha value is -0.0800. The van der Waals surface area contributed by atoms with Crippen molar-refractivity contribution in [3.63, 3.8) is 0 Å². The lowest BCUT2D eigenvalue weighted by Gasteiger charge is -2.18. The average molecular weight is 327 g/mol. The van der Waals surface area contributed by atoms with E-state index in [1.54, 1.807) is 0 Å². The molecule has 140 valence electrons. The number of unbranched alkanes of at least 4 members (excludes halogenated alkanes) is 13. The molecule has 0 amide bonds. The van der Waals surface area contributed by atoms with Crippen LogP contribution >= 0.6 is 0 Å². The Bertz CT molecular complexity index is 202. The van der Waals surface area contributed by atoms with Crippen LogP contribution in [0.15, 0.2) is 0 Å². The Morgan fingerprint density at radius 1 is 0.522 bits per heavy atom. The third kappa shape index (κ3) is 18.1. The van der Waals surface area contributed by atoms with Crippen LogP contribution < -0.4 is 5.32 Å². The van der Waals surface area contributed by atoms with Gasteiger partial charge in [0.1, 0.15) is 0 Å². The van der Waals surface area contributed by atoms with Crippen molar-refractivity contribution >= 4 is 0 Å². The number of hydrogen-bond donors (Lipinski definition) is 1. The van der Waals surface area contributed by atoms with E-state index in [2.05, 4.69) is 31.0 Å². The standard InChI is InChI=1S/C21H46N2/c1-4-7-8-9-10-11-12-13-14-15-16-17-18-19-20-22-21-23(5-2)6-3/h22H,4-21H2,1-3H3. The minimum atomic E-state index is 1.06. The van der Waals surface area contributed by atoms with Crippen LogP contribution in [0.1, 0.15) is 111 Å². The second kappa shape index (κ2) is 20.0. The molecule has 0 aromatic carbocycles. The summed E-state index contributed by atoms with van der Waals surface area (Å²) in [5, 5.41) is 3.56. The first kappa shape index (κ1) is 22.9. The minimum absolute atomic E-state index is 1.06. The van der Waals surface area contributed by atoms with Gasteiger partial charge >= 0.3 is 0 Å². The number of rotatable bonds is 19. The summed E-state index contributed by atoms with van der Waals surface area (Å²) in [6, 6.07) is 0. The molecular formula is C21H46N2. The highest BCUT2D eigenvalue weighted by Crippen LogP contribution is 2.12. The molecule has 2 heteroatoms. The van der Waals surface area contributed by atoms with Crippen molar-refractivity contribution in [2.24, 2.45) is 0 Å². The van der Waals surface area contributed by atoms with Gasteiger partial charge in [0.2, 0.25) is 0 Å². The van der Waals surface area contributed by atoms with E-state index in [0.717, 1.165) is 19.8 Å². The highest BCUT2D eigenvalue weighted by Gasteiger charge is 1.97. The predicted molar refractivity (Wildman–Crippen MR) is 106 cm³/mol. The molecule has 0 aliphatic carbocycles. The SMILES string of the molecule is CCCCCCCCCCCCCCCCNCN(CC)CC. The lowest BCUT2D eigenvalue weighted by atomic mass is 10.0. The van der Waals surface area contributed by atoms with Gasteiger partial charge < -0.3 is 5.32 Å². The van der Waals surface area contributed by atoms with Crippen LogP contribution in [0.25, 0.3) is 0 Å². The smallest absolute Gasteiger partial charge is 0.0480 e. The van der Waals surface area contributed by atoms with Crippen LogP contribution in [0.2, 0.25) is 0 Å². The second-order valence-electron chi connectivity index (χ2n) is 7.06. The quantitative estimate of drug-likeness (QED) is 0.219. The van der Waals surface area contributed by atoms with Crippen LogP contribution in [-0.2, 0) is 0 Å². The zero-order valence-electron chi connectivity index (χ0n) is 16.7. The van der Waals surface area contributed by atoms with E-state index in [0.29, 0.717) is 0 Å². The molecule has 0 bridgehead atoms. The molecular weight excluding hydrogens is 280 g/mol. The van der Waals surface area contributed by atoms with Crippen molar-refractivity contribution in [3.05, 3.63) is 0 Å². The van der Waals surface area contributed by atoms with Gasteiger partial charge in [-0.25, -0.2) is 0 Å². The Balaban J connectivity index is 3.02. The molecule has 0 aromatic rings. The summed E-state index contributed by atoms with van der Waals surface area (Å²) < 4.78 is 0. The second-order valence-corrected chi connectivity index (χ2v) is 7.06. The van der Waals surface area contributed by atoms with Gasteiger partial charge in [0.25, 0.3) is 0 Å². The summed E-state index contributed by atoms with van der Waals surface area (Å²) in [7, 11) is 0. The number of nitrogens with one attached hydrogen (secondary N) is 1. The lowest BCUT2D eigenvalue weighted by molar-refractivity contribution is 0.278. The van der Waals surface area contributed by atoms with E-state index in [-0.39, 0.29) is 0 Å². The topological polar surface area (TPSA) is 15.3 Å². The van der Waals surface area contributed by atoms with E-state index >= 15 is 0 Å². The highest BCUT2D eigenvalue weighted by molar-refractivity contribution is 4.53. The van der Waals surface area contributed by atoms with Crippen LogP contribution in [0, 0.1) is 0 Å². The zero-order chi connectivity index (χ0) is 17.0. The van der Waals surface area contributed by atoms with Crippen LogP contribution in [-0.4, -0.2) is 31.2 Å². The van der Waals surface area contributed by atoms with Crippen LogP contribution in [0.3, 0.4) is 0 Å². The first-order valence-electron chi connectivity index (χ1n) is 10.8. The van der Waals surface area contributed by atoms with E-state index in [9.17, 15) is 0 Å². The summed E-state index contributed by atoms with van der Waals surface area (Å²) in [5.41, 5.74) is 0. The largest absolute Gasteiger partial charge is 0.304 e. The molecule has 0 rings (SSSR count). The summed E-state index contributed by atoms with van der Waals surface area (Å²) in [5.74, 6) is 0. The summed E-state index contributed by atoms with van der Waals surface area (Å²) >= 11 is 0. The molecule has 0 fully saturated rings. The van der Waals surface area contributed by atoms with Gasteiger partial charge in [0, 0.05) is 6.67 Å². The van der Waals surface area contributed by atoms with Crippen molar-refractivity contribution in [3.8, 4) is 0 Å². The first-order valence-corrected chi connectivity index (χ1v) is 10.8. The molecule has 2 nitrogen and oxygen atoms in total. The lowest BCUT2D eigenvalue weighted by Crippen LogP contribution is -2.34. The Labute approximate surface area is 147 Å². The molecule has 0 aliphatic rings. The molecule has 1 N–H and O–H groups in total.